The van der Waals surface area contributed by atoms with Crippen molar-refractivity contribution in [3.8, 4) is 17.2 Å². The second kappa shape index (κ2) is 4.44. The van der Waals surface area contributed by atoms with Crippen molar-refractivity contribution >= 4 is 0 Å². The third kappa shape index (κ3) is 1.98. The molecule has 1 heterocycles. The van der Waals surface area contributed by atoms with Crippen molar-refractivity contribution in [1.29, 1.82) is 0 Å². The minimum Gasteiger partial charge on any atom is -0.507 e. The molecule has 18 heavy (non-hydrogen) atoms. The lowest BCUT2D eigenvalue weighted by Gasteiger charge is -2.01. The highest BCUT2D eigenvalue weighted by Crippen LogP contribution is 2.37. The number of rotatable bonds is 2. The number of aromatic hydroxyl groups is 1. The van der Waals surface area contributed by atoms with Gasteiger partial charge in [-0.05, 0) is 37.3 Å². The van der Waals surface area contributed by atoms with Gasteiger partial charge in [-0.2, -0.15) is 4.98 Å². The smallest absolute Gasteiger partial charge is 0.261 e. The Morgan fingerprint density at radius 1 is 1.28 bits per heavy atom. The van der Waals surface area contributed by atoms with Gasteiger partial charge < -0.3 is 9.63 Å². The summed E-state index contributed by atoms with van der Waals surface area (Å²) in [6.45, 7) is 2.25. The van der Waals surface area contributed by atoms with Gasteiger partial charge in [-0.3, -0.25) is 0 Å². The number of aromatic nitrogens is 2. The van der Waals surface area contributed by atoms with Crippen LogP contribution < -0.4 is 0 Å². The molecule has 0 spiro atoms. The first-order chi connectivity index (χ1) is 8.74. The van der Waals surface area contributed by atoms with Crippen LogP contribution in [0.3, 0.4) is 0 Å². The number of phenolic OH excluding ortho intramolecular Hbond substituents is 1. The van der Waals surface area contributed by atoms with Gasteiger partial charge in [0.2, 0.25) is 0 Å². The van der Waals surface area contributed by atoms with Crippen LogP contribution in [0.4, 0.5) is 0 Å². The molecule has 1 aliphatic rings. The third-order valence-electron chi connectivity index (χ3n) is 3.64. The fourth-order valence-corrected chi connectivity index (χ4v) is 2.61. The fourth-order valence-electron chi connectivity index (χ4n) is 2.61. The molecule has 1 aliphatic carbocycles. The Bertz CT molecular complexity index is 550. The molecule has 2 unspecified atom stereocenters. The second-order valence-electron chi connectivity index (χ2n) is 5.09. The lowest BCUT2D eigenvalue weighted by molar-refractivity contribution is 0.410. The molecule has 4 nitrogen and oxygen atoms in total. The summed E-state index contributed by atoms with van der Waals surface area (Å²) in [7, 11) is 0. The van der Waals surface area contributed by atoms with Gasteiger partial charge in [0, 0.05) is 5.92 Å². The lowest BCUT2D eigenvalue weighted by Crippen LogP contribution is -1.96. The standard InChI is InChI=1S/C14H16N2O2/c1-9-6-7-10(8-9)13-15-14(18-16-13)11-4-2-3-5-12(11)17/h2-5,9-10,17H,6-8H2,1H3. The number of benzene rings is 1. The van der Waals surface area contributed by atoms with Gasteiger partial charge in [0.15, 0.2) is 5.82 Å². The molecular formula is C14H16N2O2. The van der Waals surface area contributed by atoms with Crippen LogP contribution >= 0.6 is 0 Å². The number of nitrogens with zero attached hydrogens (tertiary/aromatic N) is 2. The van der Waals surface area contributed by atoms with Crippen LogP contribution in [0.25, 0.3) is 11.5 Å². The number of hydrogen-bond acceptors (Lipinski definition) is 4. The van der Waals surface area contributed by atoms with E-state index in [2.05, 4.69) is 17.1 Å². The Labute approximate surface area is 106 Å². The summed E-state index contributed by atoms with van der Waals surface area (Å²) < 4.78 is 5.26. The molecule has 2 atom stereocenters. The minimum absolute atomic E-state index is 0.174. The molecule has 0 saturated heterocycles. The van der Waals surface area contributed by atoms with Crippen LogP contribution in [0.5, 0.6) is 5.75 Å². The Morgan fingerprint density at radius 3 is 2.83 bits per heavy atom. The van der Waals surface area contributed by atoms with Crippen LogP contribution in [0, 0.1) is 5.92 Å². The molecule has 4 heteroatoms. The van der Waals surface area contributed by atoms with Crippen LogP contribution in [-0.4, -0.2) is 15.2 Å². The maximum atomic E-state index is 9.75. The van der Waals surface area contributed by atoms with E-state index >= 15 is 0 Å². The van der Waals surface area contributed by atoms with Crippen LogP contribution in [0.1, 0.15) is 37.9 Å². The van der Waals surface area contributed by atoms with Crippen LogP contribution in [0.2, 0.25) is 0 Å². The fraction of sp³-hybridized carbons (Fsp3) is 0.429. The Hall–Kier alpha value is -1.84. The largest absolute Gasteiger partial charge is 0.507 e. The zero-order valence-electron chi connectivity index (χ0n) is 10.3. The maximum absolute atomic E-state index is 9.75. The van der Waals surface area contributed by atoms with Crippen molar-refractivity contribution < 1.29 is 9.63 Å². The molecule has 0 amide bonds. The van der Waals surface area contributed by atoms with Crippen molar-refractivity contribution in [2.75, 3.05) is 0 Å². The molecule has 0 aliphatic heterocycles. The van der Waals surface area contributed by atoms with Crippen molar-refractivity contribution in [2.45, 2.75) is 32.1 Å². The van der Waals surface area contributed by atoms with Crippen molar-refractivity contribution in [2.24, 2.45) is 5.92 Å². The summed E-state index contributed by atoms with van der Waals surface area (Å²) in [5.41, 5.74) is 0.599. The monoisotopic (exact) mass is 244 g/mol. The van der Waals surface area contributed by atoms with E-state index < -0.39 is 0 Å². The molecule has 94 valence electrons. The highest BCUT2D eigenvalue weighted by molar-refractivity contribution is 5.61. The highest BCUT2D eigenvalue weighted by atomic mass is 16.5. The van der Waals surface area contributed by atoms with Gasteiger partial charge in [-0.25, -0.2) is 0 Å². The van der Waals surface area contributed by atoms with Crippen LogP contribution in [-0.2, 0) is 0 Å². The maximum Gasteiger partial charge on any atom is 0.261 e. The van der Waals surface area contributed by atoms with Gasteiger partial charge in [-0.15, -0.1) is 0 Å². The summed E-state index contributed by atoms with van der Waals surface area (Å²) in [6.07, 6.45) is 3.48. The first-order valence-corrected chi connectivity index (χ1v) is 6.36. The summed E-state index contributed by atoms with van der Waals surface area (Å²) in [5, 5.41) is 13.8. The topological polar surface area (TPSA) is 59.2 Å². The third-order valence-corrected chi connectivity index (χ3v) is 3.64. The number of hydrogen-bond donors (Lipinski definition) is 1. The van der Waals surface area contributed by atoms with E-state index in [1.54, 1.807) is 18.2 Å². The zero-order valence-corrected chi connectivity index (χ0v) is 10.3. The molecule has 1 N–H and O–H groups in total. The molecular weight excluding hydrogens is 228 g/mol. The second-order valence-corrected chi connectivity index (χ2v) is 5.09. The first kappa shape index (κ1) is 11.3. The average Bonchev–Trinajstić information content (AvgIpc) is 2.98. The summed E-state index contributed by atoms with van der Waals surface area (Å²) in [6, 6.07) is 7.02. The molecule has 0 radical (unpaired) electrons. The van der Waals surface area contributed by atoms with Crippen molar-refractivity contribution in [1.82, 2.24) is 10.1 Å². The van der Waals surface area contributed by atoms with Crippen LogP contribution in [0.15, 0.2) is 28.8 Å². The van der Waals surface area contributed by atoms with E-state index in [1.807, 2.05) is 6.07 Å². The normalized spacial score (nSPS) is 23.4. The molecule has 1 aromatic carbocycles. The highest BCUT2D eigenvalue weighted by Gasteiger charge is 2.27. The van der Waals surface area contributed by atoms with Gasteiger partial charge >= 0.3 is 0 Å². The molecule has 2 aromatic rings. The van der Waals surface area contributed by atoms with E-state index in [4.69, 9.17) is 4.52 Å². The predicted molar refractivity (Wildman–Crippen MR) is 67.2 cm³/mol. The molecule has 1 saturated carbocycles. The van der Waals surface area contributed by atoms with Crippen molar-refractivity contribution in [3.63, 3.8) is 0 Å². The lowest BCUT2D eigenvalue weighted by atomic mass is 10.1. The summed E-state index contributed by atoms with van der Waals surface area (Å²) in [4.78, 5) is 4.42. The summed E-state index contributed by atoms with van der Waals surface area (Å²) in [5.74, 6) is 2.50. The average molecular weight is 244 g/mol. The predicted octanol–water partition coefficient (Wildman–Crippen LogP) is 3.35. The van der Waals surface area contributed by atoms with Gasteiger partial charge in [0.25, 0.3) is 5.89 Å². The minimum atomic E-state index is 0.174. The van der Waals surface area contributed by atoms with Gasteiger partial charge in [0.1, 0.15) is 5.75 Å². The quantitative estimate of drug-likeness (QED) is 0.880. The van der Waals surface area contributed by atoms with E-state index in [-0.39, 0.29) is 5.75 Å². The molecule has 1 aromatic heterocycles. The van der Waals surface area contributed by atoms with E-state index in [1.165, 1.54) is 6.42 Å². The zero-order chi connectivity index (χ0) is 12.5. The van der Waals surface area contributed by atoms with E-state index in [0.717, 1.165) is 24.6 Å². The van der Waals surface area contributed by atoms with Crippen molar-refractivity contribution in [3.05, 3.63) is 30.1 Å². The molecule has 0 bridgehead atoms. The molecule has 3 rings (SSSR count). The van der Waals surface area contributed by atoms with E-state index in [0.29, 0.717) is 17.4 Å². The Morgan fingerprint density at radius 2 is 2.11 bits per heavy atom. The number of para-hydroxylation sites is 1. The Balaban J connectivity index is 1.88. The van der Waals surface area contributed by atoms with Gasteiger partial charge in [-0.1, -0.05) is 24.2 Å². The summed E-state index contributed by atoms with van der Waals surface area (Å²) >= 11 is 0. The van der Waals surface area contributed by atoms with Gasteiger partial charge in [0.05, 0.1) is 5.56 Å². The molecule has 1 fully saturated rings. The first-order valence-electron chi connectivity index (χ1n) is 6.36. The Kier molecular flexibility index (Phi) is 2.78. The van der Waals surface area contributed by atoms with E-state index in [9.17, 15) is 5.11 Å². The SMILES string of the molecule is CC1CCC(c2noc(-c3ccccc3O)n2)C1. The number of phenols is 1.